The minimum absolute atomic E-state index is 0.0418. The maximum absolute atomic E-state index is 13.1. The summed E-state index contributed by atoms with van der Waals surface area (Å²) in [5.41, 5.74) is 5.61. The Morgan fingerprint density at radius 1 is 1.08 bits per heavy atom. The summed E-state index contributed by atoms with van der Waals surface area (Å²) in [6, 6.07) is -0.602. The number of carboxylic acids is 2. The van der Waals surface area contributed by atoms with E-state index in [1.54, 1.807) is 0 Å². The van der Waals surface area contributed by atoms with Crippen LogP contribution in [0, 0.1) is 5.92 Å². The fraction of sp³-hybridized carbons (Fsp3) is 0.615. The Balaban J connectivity index is 1.66. The Kier molecular flexibility index (Phi) is 11.0. The van der Waals surface area contributed by atoms with Crippen molar-refractivity contribution in [3.05, 3.63) is 29.0 Å². The Labute approximate surface area is 231 Å². The first kappa shape index (κ1) is 30.3. The topological polar surface area (TPSA) is 192 Å². The highest BCUT2D eigenvalue weighted by Crippen LogP contribution is 2.40. The molecule has 6 N–H and O–H groups in total. The lowest BCUT2D eigenvalue weighted by Gasteiger charge is -2.33. The minimum atomic E-state index is -1.41. The van der Waals surface area contributed by atoms with Crippen LogP contribution < -0.4 is 16.4 Å². The number of hydrogen-bond donors (Lipinski definition) is 5. The van der Waals surface area contributed by atoms with Crippen molar-refractivity contribution in [2.45, 2.75) is 88.4 Å². The summed E-state index contributed by atoms with van der Waals surface area (Å²) in [4.78, 5) is 68.1. The second-order valence-corrected chi connectivity index (χ2v) is 10.5. The van der Waals surface area contributed by atoms with Crippen molar-refractivity contribution in [2.24, 2.45) is 11.7 Å². The molecule has 2 heterocycles. The van der Waals surface area contributed by atoms with Gasteiger partial charge in [0.2, 0.25) is 11.8 Å². The van der Waals surface area contributed by atoms with Crippen LogP contribution in [-0.4, -0.2) is 80.5 Å². The highest BCUT2D eigenvalue weighted by atomic mass is 35.5. The standard InChI is InChI=1S/C26H36ClN5O7/c27-22-16(7-5-13-29-22)23(34)30-17(8-3-4-12-28)24(35)31-18(25(36)37)10-11-21(33)32-19-9-2-1-6-15(19)14-20(32)26(38)39/h5,7,13,15,17-20H,1-4,6,8-12,14,28H2,(H,30,34)(H,31,35)(H,36,37)(H,38,39)/t15-,17-,18+,19-,20-/m0/s1. The predicted octanol–water partition coefficient (Wildman–Crippen LogP) is 1.56. The van der Waals surface area contributed by atoms with E-state index in [-0.39, 0.29) is 41.9 Å². The third-order valence-electron chi connectivity index (χ3n) is 7.50. The van der Waals surface area contributed by atoms with Crippen LogP contribution in [0.25, 0.3) is 0 Å². The van der Waals surface area contributed by atoms with E-state index in [0.717, 1.165) is 25.7 Å². The molecule has 0 radical (unpaired) electrons. The molecule has 0 spiro atoms. The van der Waals surface area contributed by atoms with E-state index in [1.165, 1.54) is 23.2 Å². The molecule has 1 aliphatic heterocycles. The highest BCUT2D eigenvalue weighted by molar-refractivity contribution is 6.32. The number of amides is 3. The summed E-state index contributed by atoms with van der Waals surface area (Å²) in [7, 11) is 0. The normalized spacial score (nSPS) is 21.9. The zero-order chi connectivity index (χ0) is 28.5. The average molecular weight is 566 g/mol. The van der Waals surface area contributed by atoms with Gasteiger partial charge in [-0.15, -0.1) is 0 Å². The largest absolute Gasteiger partial charge is 0.480 e. The van der Waals surface area contributed by atoms with Crippen LogP contribution >= 0.6 is 11.6 Å². The lowest BCUT2D eigenvalue weighted by Crippen LogP contribution is -2.52. The lowest BCUT2D eigenvalue weighted by atomic mass is 9.84. The van der Waals surface area contributed by atoms with Gasteiger partial charge in [0.15, 0.2) is 0 Å². The van der Waals surface area contributed by atoms with Crippen LogP contribution in [0.1, 0.15) is 74.6 Å². The number of nitrogens with two attached hydrogens (primary N) is 1. The summed E-state index contributed by atoms with van der Waals surface area (Å²) in [5, 5.41) is 24.4. The number of nitrogens with zero attached hydrogens (tertiary/aromatic N) is 2. The second kappa shape index (κ2) is 14.2. The fourth-order valence-electron chi connectivity index (χ4n) is 5.52. The van der Waals surface area contributed by atoms with Crippen LogP contribution in [0.15, 0.2) is 18.3 Å². The minimum Gasteiger partial charge on any atom is -0.480 e. The predicted molar refractivity (Wildman–Crippen MR) is 141 cm³/mol. The van der Waals surface area contributed by atoms with E-state index < -0.39 is 47.8 Å². The first-order chi connectivity index (χ1) is 18.6. The van der Waals surface area contributed by atoms with Crippen LogP contribution in [0.3, 0.4) is 0 Å². The zero-order valence-electron chi connectivity index (χ0n) is 21.7. The number of nitrogens with one attached hydrogen (secondary N) is 2. The SMILES string of the molecule is NCCCC[C@H](NC(=O)c1cccnc1Cl)C(=O)N[C@H](CCC(=O)N1[C@H](C(=O)O)C[C@@H]2CCCC[C@@H]21)C(=O)O. The number of halogens is 1. The molecule has 1 aliphatic carbocycles. The number of aliphatic carboxylic acids is 2. The number of pyridine rings is 1. The molecule has 0 bridgehead atoms. The van der Waals surface area contributed by atoms with E-state index >= 15 is 0 Å². The molecule has 3 rings (SSSR count). The monoisotopic (exact) mass is 565 g/mol. The van der Waals surface area contributed by atoms with Crippen molar-refractivity contribution >= 4 is 41.3 Å². The molecular weight excluding hydrogens is 530 g/mol. The molecule has 5 atom stereocenters. The smallest absolute Gasteiger partial charge is 0.326 e. The molecule has 0 aromatic carbocycles. The van der Waals surface area contributed by atoms with Gasteiger partial charge in [-0.05, 0) is 69.5 Å². The van der Waals surface area contributed by atoms with Gasteiger partial charge in [-0.25, -0.2) is 14.6 Å². The molecule has 214 valence electrons. The molecule has 2 aliphatic rings. The van der Waals surface area contributed by atoms with Gasteiger partial charge in [0.05, 0.1) is 5.56 Å². The summed E-state index contributed by atoms with van der Waals surface area (Å²) in [6.45, 7) is 0.381. The second-order valence-electron chi connectivity index (χ2n) is 10.1. The number of carbonyl (C=O) groups excluding carboxylic acids is 3. The molecule has 2 fully saturated rings. The fourth-order valence-corrected chi connectivity index (χ4v) is 5.72. The number of aromatic nitrogens is 1. The van der Waals surface area contributed by atoms with Gasteiger partial charge in [0, 0.05) is 18.7 Å². The highest BCUT2D eigenvalue weighted by Gasteiger charge is 2.47. The number of unbranched alkanes of at least 4 members (excludes halogenated alkanes) is 1. The molecule has 1 aromatic rings. The van der Waals surface area contributed by atoms with Gasteiger partial charge in [0.25, 0.3) is 5.91 Å². The van der Waals surface area contributed by atoms with Gasteiger partial charge in [-0.1, -0.05) is 24.4 Å². The Morgan fingerprint density at radius 2 is 1.82 bits per heavy atom. The number of fused-ring (bicyclic) bond motifs is 1. The molecule has 13 heteroatoms. The van der Waals surface area contributed by atoms with E-state index in [9.17, 15) is 34.2 Å². The molecular formula is C26H36ClN5O7. The van der Waals surface area contributed by atoms with Gasteiger partial charge in [0.1, 0.15) is 23.3 Å². The van der Waals surface area contributed by atoms with Gasteiger partial charge >= 0.3 is 11.9 Å². The third kappa shape index (κ3) is 7.89. The van der Waals surface area contributed by atoms with Crippen LogP contribution in [0.4, 0.5) is 0 Å². The first-order valence-electron chi connectivity index (χ1n) is 13.3. The maximum atomic E-state index is 13.1. The molecule has 1 saturated heterocycles. The number of rotatable bonds is 13. The average Bonchev–Trinajstić information content (AvgIpc) is 3.30. The number of carboxylic acid groups (broad SMARTS) is 2. The number of hydrogen-bond acceptors (Lipinski definition) is 7. The van der Waals surface area contributed by atoms with Crippen LogP contribution in [0.5, 0.6) is 0 Å². The van der Waals surface area contributed by atoms with Crippen LogP contribution in [0.2, 0.25) is 5.15 Å². The van der Waals surface area contributed by atoms with E-state index in [2.05, 4.69) is 15.6 Å². The molecule has 3 amide bonds. The lowest BCUT2D eigenvalue weighted by molar-refractivity contribution is -0.150. The van der Waals surface area contributed by atoms with E-state index in [0.29, 0.717) is 25.8 Å². The van der Waals surface area contributed by atoms with Gasteiger partial charge in [-0.3, -0.25) is 14.4 Å². The summed E-state index contributed by atoms with van der Waals surface area (Å²) < 4.78 is 0. The molecule has 12 nitrogen and oxygen atoms in total. The quantitative estimate of drug-likeness (QED) is 0.174. The zero-order valence-corrected chi connectivity index (χ0v) is 22.4. The van der Waals surface area contributed by atoms with Crippen molar-refractivity contribution < 1.29 is 34.2 Å². The van der Waals surface area contributed by atoms with Gasteiger partial charge in [-0.2, -0.15) is 0 Å². The van der Waals surface area contributed by atoms with Crippen molar-refractivity contribution in [3.8, 4) is 0 Å². The van der Waals surface area contributed by atoms with Crippen LogP contribution in [-0.2, 0) is 19.2 Å². The summed E-state index contributed by atoms with van der Waals surface area (Å²) in [6.07, 6.45) is 6.15. The number of likely N-dealkylation sites (tertiary alicyclic amines) is 1. The van der Waals surface area contributed by atoms with Crippen molar-refractivity contribution in [3.63, 3.8) is 0 Å². The maximum Gasteiger partial charge on any atom is 0.326 e. The molecule has 0 unspecified atom stereocenters. The van der Waals surface area contributed by atoms with Crippen molar-refractivity contribution in [1.82, 2.24) is 20.5 Å². The van der Waals surface area contributed by atoms with Crippen molar-refractivity contribution in [1.29, 1.82) is 0 Å². The van der Waals surface area contributed by atoms with Crippen molar-refractivity contribution in [2.75, 3.05) is 6.54 Å². The molecule has 39 heavy (non-hydrogen) atoms. The Bertz CT molecular complexity index is 1070. The Hall–Kier alpha value is -3.25. The van der Waals surface area contributed by atoms with Gasteiger partial charge < -0.3 is 31.5 Å². The molecule has 1 saturated carbocycles. The third-order valence-corrected chi connectivity index (χ3v) is 7.80. The molecule has 1 aromatic heterocycles. The van der Waals surface area contributed by atoms with E-state index in [1.807, 2.05) is 0 Å². The summed E-state index contributed by atoms with van der Waals surface area (Å²) in [5.74, 6) is -4.08. The first-order valence-corrected chi connectivity index (χ1v) is 13.7. The number of carbonyl (C=O) groups is 5. The van der Waals surface area contributed by atoms with E-state index in [4.69, 9.17) is 17.3 Å². The summed E-state index contributed by atoms with van der Waals surface area (Å²) >= 11 is 5.99. The Morgan fingerprint density at radius 3 is 2.49 bits per heavy atom.